The largest absolute Gasteiger partial charge is 0.459 e. The maximum absolute atomic E-state index is 12.1. The van der Waals surface area contributed by atoms with Crippen molar-refractivity contribution < 1.29 is 14.0 Å². The Labute approximate surface area is 161 Å². The summed E-state index contributed by atoms with van der Waals surface area (Å²) >= 11 is 5.11. The highest BCUT2D eigenvalue weighted by Crippen LogP contribution is 2.14. The predicted molar refractivity (Wildman–Crippen MR) is 108 cm³/mol. The third-order valence-corrected chi connectivity index (χ3v) is 3.81. The molecule has 0 saturated carbocycles. The van der Waals surface area contributed by atoms with Crippen LogP contribution in [0.2, 0.25) is 0 Å². The van der Waals surface area contributed by atoms with E-state index in [9.17, 15) is 9.59 Å². The van der Waals surface area contributed by atoms with E-state index in [1.807, 2.05) is 30.3 Å². The van der Waals surface area contributed by atoms with Crippen LogP contribution in [-0.4, -0.2) is 16.9 Å². The second kappa shape index (κ2) is 8.77. The standard InChI is InChI=1S/C20H17N3O3S/c24-18(13-14-5-2-1-3-6-14)21-15-8-10-16(11-9-15)22-20(27)23-19(25)17-7-4-12-26-17/h1-12H,13H2,(H,21,24)(H2,22,23,25,27). The van der Waals surface area contributed by atoms with Gasteiger partial charge in [-0.1, -0.05) is 30.3 Å². The molecule has 0 fully saturated rings. The van der Waals surface area contributed by atoms with E-state index in [0.29, 0.717) is 17.8 Å². The van der Waals surface area contributed by atoms with Crippen LogP contribution in [-0.2, 0) is 11.2 Å². The van der Waals surface area contributed by atoms with Crippen molar-refractivity contribution in [1.29, 1.82) is 0 Å². The van der Waals surface area contributed by atoms with E-state index in [4.69, 9.17) is 16.6 Å². The van der Waals surface area contributed by atoms with Gasteiger partial charge in [-0.2, -0.15) is 0 Å². The van der Waals surface area contributed by atoms with Crippen molar-refractivity contribution >= 4 is 40.5 Å². The van der Waals surface area contributed by atoms with Gasteiger partial charge in [-0.05, 0) is 54.2 Å². The van der Waals surface area contributed by atoms with Crippen molar-refractivity contribution in [2.45, 2.75) is 6.42 Å². The van der Waals surface area contributed by atoms with Crippen LogP contribution < -0.4 is 16.0 Å². The zero-order valence-electron chi connectivity index (χ0n) is 14.3. The number of thiocarbonyl (C=S) groups is 1. The van der Waals surface area contributed by atoms with Crippen molar-refractivity contribution in [1.82, 2.24) is 5.32 Å². The molecule has 2 amide bonds. The van der Waals surface area contributed by atoms with Gasteiger partial charge in [0.25, 0.3) is 5.91 Å². The molecule has 0 aliphatic rings. The van der Waals surface area contributed by atoms with E-state index >= 15 is 0 Å². The summed E-state index contributed by atoms with van der Waals surface area (Å²) in [5, 5.41) is 8.41. The van der Waals surface area contributed by atoms with Crippen LogP contribution in [0.25, 0.3) is 0 Å². The van der Waals surface area contributed by atoms with Crippen molar-refractivity contribution in [3.05, 3.63) is 84.3 Å². The molecule has 27 heavy (non-hydrogen) atoms. The minimum atomic E-state index is -0.428. The molecule has 0 saturated heterocycles. The van der Waals surface area contributed by atoms with Gasteiger partial charge in [-0.15, -0.1) is 0 Å². The number of hydrogen-bond acceptors (Lipinski definition) is 4. The fourth-order valence-electron chi connectivity index (χ4n) is 2.36. The summed E-state index contributed by atoms with van der Waals surface area (Å²) in [7, 11) is 0. The first-order valence-electron chi connectivity index (χ1n) is 8.20. The smallest absolute Gasteiger partial charge is 0.293 e. The van der Waals surface area contributed by atoms with Crippen LogP contribution in [0.5, 0.6) is 0 Å². The molecule has 7 heteroatoms. The van der Waals surface area contributed by atoms with Crippen molar-refractivity contribution in [3.8, 4) is 0 Å². The Morgan fingerprint density at radius 2 is 1.52 bits per heavy atom. The maximum atomic E-state index is 12.1. The van der Waals surface area contributed by atoms with E-state index in [2.05, 4.69) is 16.0 Å². The Hall–Kier alpha value is -3.45. The van der Waals surface area contributed by atoms with Gasteiger partial charge in [0.15, 0.2) is 10.9 Å². The topological polar surface area (TPSA) is 83.4 Å². The van der Waals surface area contributed by atoms with Gasteiger partial charge in [0.1, 0.15) is 0 Å². The number of hydrogen-bond donors (Lipinski definition) is 3. The minimum absolute atomic E-state index is 0.0943. The van der Waals surface area contributed by atoms with E-state index in [1.165, 1.54) is 6.26 Å². The number of amides is 2. The normalized spacial score (nSPS) is 10.1. The van der Waals surface area contributed by atoms with Gasteiger partial charge in [-0.3, -0.25) is 14.9 Å². The summed E-state index contributed by atoms with van der Waals surface area (Å²) in [5.74, 6) is -0.346. The number of rotatable bonds is 5. The molecule has 0 spiro atoms. The lowest BCUT2D eigenvalue weighted by atomic mass is 10.1. The summed E-state index contributed by atoms with van der Waals surface area (Å²) in [6.07, 6.45) is 1.72. The average molecular weight is 379 g/mol. The van der Waals surface area contributed by atoms with Gasteiger partial charge >= 0.3 is 0 Å². The van der Waals surface area contributed by atoms with Crippen LogP contribution in [0.4, 0.5) is 11.4 Å². The number of anilines is 2. The molecule has 6 nitrogen and oxygen atoms in total. The molecule has 0 radical (unpaired) electrons. The monoisotopic (exact) mass is 379 g/mol. The van der Waals surface area contributed by atoms with Crippen molar-refractivity contribution in [3.63, 3.8) is 0 Å². The molecule has 3 N–H and O–H groups in total. The zero-order valence-corrected chi connectivity index (χ0v) is 15.1. The Kier molecular flexibility index (Phi) is 5.96. The Morgan fingerprint density at radius 3 is 2.15 bits per heavy atom. The fourth-order valence-corrected chi connectivity index (χ4v) is 2.57. The van der Waals surface area contributed by atoms with Crippen molar-refractivity contribution in [2.24, 2.45) is 0 Å². The third kappa shape index (κ3) is 5.52. The molecular formula is C20H17N3O3S. The summed E-state index contributed by atoms with van der Waals surface area (Å²) in [4.78, 5) is 23.9. The lowest BCUT2D eigenvalue weighted by Crippen LogP contribution is -2.33. The van der Waals surface area contributed by atoms with Gasteiger partial charge in [0, 0.05) is 11.4 Å². The van der Waals surface area contributed by atoms with Crippen LogP contribution in [0, 0.1) is 0 Å². The zero-order chi connectivity index (χ0) is 19.1. The lowest BCUT2D eigenvalue weighted by Gasteiger charge is -2.10. The first-order chi connectivity index (χ1) is 13.1. The van der Waals surface area contributed by atoms with Crippen molar-refractivity contribution in [2.75, 3.05) is 10.6 Å². The molecular weight excluding hydrogens is 362 g/mol. The number of carbonyl (C=O) groups excluding carboxylic acids is 2. The molecule has 0 unspecified atom stereocenters. The maximum Gasteiger partial charge on any atom is 0.293 e. The molecule has 3 rings (SSSR count). The summed E-state index contributed by atoms with van der Waals surface area (Å²) in [6, 6.07) is 19.7. The molecule has 3 aromatic rings. The molecule has 2 aromatic carbocycles. The number of nitrogens with one attached hydrogen (secondary N) is 3. The third-order valence-electron chi connectivity index (χ3n) is 3.61. The molecule has 0 aliphatic carbocycles. The van der Waals surface area contributed by atoms with Crippen LogP contribution in [0.1, 0.15) is 16.1 Å². The second-order valence-electron chi connectivity index (χ2n) is 5.67. The molecule has 1 heterocycles. The highest BCUT2D eigenvalue weighted by molar-refractivity contribution is 7.80. The highest BCUT2D eigenvalue weighted by atomic mass is 32.1. The fraction of sp³-hybridized carbons (Fsp3) is 0.0500. The second-order valence-corrected chi connectivity index (χ2v) is 6.08. The summed E-state index contributed by atoms with van der Waals surface area (Å²) in [5.41, 5.74) is 2.30. The van der Waals surface area contributed by atoms with E-state index < -0.39 is 5.91 Å². The summed E-state index contributed by atoms with van der Waals surface area (Å²) < 4.78 is 5.00. The van der Waals surface area contributed by atoms with Gasteiger partial charge < -0.3 is 15.1 Å². The van der Waals surface area contributed by atoms with E-state index in [0.717, 1.165) is 5.56 Å². The number of carbonyl (C=O) groups is 2. The van der Waals surface area contributed by atoms with Gasteiger partial charge in [-0.25, -0.2) is 0 Å². The Balaban J connectivity index is 1.50. The Bertz CT molecular complexity index is 923. The first-order valence-corrected chi connectivity index (χ1v) is 8.60. The van der Waals surface area contributed by atoms with Gasteiger partial charge in [0.2, 0.25) is 5.91 Å². The minimum Gasteiger partial charge on any atom is -0.459 e. The molecule has 0 bridgehead atoms. The molecule has 0 aliphatic heterocycles. The highest BCUT2D eigenvalue weighted by Gasteiger charge is 2.10. The summed E-state index contributed by atoms with van der Waals surface area (Å²) in [6.45, 7) is 0. The van der Waals surface area contributed by atoms with E-state index in [1.54, 1.807) is 36.4 Å². The SMILES string of the molecule is O=C(Cc1ccccc1)Nc1ccc(NC(=S)NC(=O)c2ccco2)cc1. The number of furan rings is 1. The lowest BCUT2D eigenvalue weighted by molar-refractivity contribution is -0.115. The predicted octanol–water partition coefficient (Wildman–Crippen LogP) is 3.59. The molecule has 1 aromatic heterocycles. The first kappa shape index (κ1) is 18.3. The molecule has 136 valence electrons. The molecule has 0 atom stereocenters. The van der Waals surface area contributed by atoms with Gasteiger partial charge in [0.05, 0.1) is 12.7 Å². The van der Waals surface area contributed by atoms with Crippen LogP contribution in [0.3, 0.4) is 0 Å². The van der Waals surface area contributed by atoms with Crippen LogP contribution in [0.15, 0.2) is 77.4 Å². The average Bonchev–Trinajstić information content (AvgIpc) is 3.19. The Morgan fingerprint density at radius 1 is 0.852 bits per heavy atom. The number of benzene rings is 2. The quantitative estimate of drug-likeness (QED) is 0.590. The van der Waals surface area contributed by atoms with Crippen LogP contribution >= 0.6 is 12.2 Å². The van der Waals surface area contributed by atoms with E-state index in [-0.39, 0.29) is 16.8 Å².